The maximum absolute atomic E-state index is 12.5. The summed E-state index contributed by atoms with van der Waals surface area (Å²) >= 11 is 1.60. The van der Waals surface area contributed by atoms with Crippen molar-refractivity contribution in [2.45, 2.75) is 32.2 Å². The monoisotopic (exact) mass is 373 g/mol. The van der Waals surface area contributed by atoms with Gasteiger partial charge in [0.1, 0.15) is 5.75 Å². The third-order valence-corrected chi connectivity index (χ3v) is 5.37. The number of rotatable bonds is 6. The maximum Gasteiger partial charge on any atom is 0.260 e. The van der Waals surface area contributed by atoms with Crippen LogP contribution >= 0.6 is 11.3 Å². The number of nitrogens with one attached hydrogen (secondary N) is 1. The van der Waals surface area contributed by atoms with Crippen LogP contribution in [0.4, 0.5) is 0 Å². The highest BCUT2D eigenvalue weighted by Crippen LogP contribution is 2.29. The molecule has 0 radical (unpaired) electrons. The number of carbonyl (C=O) groups excluding carboxylic acids is 2. The van der Waals surface area contributed by atoms with Gasteiger partial charge in [-0.3, -0.25) is 9.59 Å². The molecule has 2 heterocycles. The smallest absolute Gasteiger partial charge is 0.260 e. The Morgan fingerprint density at radius 2 is 2.15 bits per heavy atom. The Balaban J connectivity index is 1.53. The van der Waals surface area contributed by atoms with Crippen LogP contribution in [0.25, 0.3) is 0 Å². The fourth-order valence-corrected chi connectivity index (χ4v) is 3.91. The average molecular weight is 373 g/mol. The zero-order valence-electron chi connectivity index (χ0n) is 14.8. The van der Waals surface area contributed by atoms with Gasteiger partial charge < -0.3 is 15.0 Å². The number of benzene rings is 1. The van der Waals surface area contributed by atoms with E-state index in [1.165, 1.54) is 6.92 Å². The Bertz CT molecular complexity index is 747. The molecule has 1 aliphatic heterocycles. The van der Waals surface area contributed by atoms with Gasteiger partial charge in [0.05, 0.1) is 17.2 Å². The van der Waals surface area contributed by atoms with Crippen LogP contribution in [0.15, 0.2) is 35.7 Å². The van der Waals surface area contributed by atoms with Crippen LogP contribution in [-0.4, -0.2) is 41.4 Å². The van der Waals surface area contributed by atoms with E-state index in [4.69, 9.17) is 4.74 Å². The molecule has 3 rings (SSSR count). The predicted octanol–water partition coefficient (Wildman–Crippen LogP) is 2.56. The van der Waals surface area contributed by atoms with Crippen molar-refractivity contribution in [1.82, 2.24) is 15.2 Å². The highest BCUT2D eigenvalue weighted by molar-refractivity contribution is 7.09. The highest BCUT2D eigenvalue weighted by Gasteiger charge is 2.26. The van der Waals surface area contributed by atoms with Gasteiger partial charge in [-0.1, -0.05) is 18.2 Å². The summed E-state index contributed by atoms with van der Waals surface area (Å²) in [6, 6.07) is 9.38. The lowest BCUT2D eigenvalue weighted by atomic mass is 9.98. The van der Waals surface area contributed by atoms with Gasteiger partial charge in [0.15, 0.2) is 6.61 Å². The van der Waals surface area contributed by atoms with Crippen molar-refractivity contribution in [2.24, 2.45) is 0 Å². The van der Waals surface area contributed by atoms with Gasteiger partial charge in [0, 0.05) is 31.3 Å². The van der Waals surface area contributed by atoms with E-state index in [0.717, 1.165) is 30.1 Å². The molecule has 0 spiro atoms. The second-order valence-corrected chi connectivity index (χ2v) is 7.26. The van der Waals surface area contributed by atoms with Crippen molar-refractivity contribution >= 4 is 23.2 Å². The number of piperidine rings is 1. The molecule has 1 atom stereocenters. The van der Waals surface area contributed by atoms with Crippen LogP contribution in [0.3, 0.4) is 0 Å². The molecule has 1 aliphatic rings. The number of nitrogens with zero attached hydrogens (tertiary/aromatic N) is 2. The Hall–Kier alpha value is -2.41. The minimum atomic E-state index is -0.0626. The van der Waals surface area contributed by atoms with Gasteiger partial charge in [-0.15, -0.1) is 11.3 Å². The summed E-state index contributed by atoms with van der Waals surface area (Å²) in [4.78, 5) is 30.0. The van der Waals surface area contributed by atoms with Crippen molar-refractivity contribution in [3.8, 4) is 5.75 Å². The molecule has 1 aromatic carbocycles. The molecule has 0 aliphatic carbocycles. The fraction of sp³-hybridized carbons (Fsp3) is 0.421. The van der Waals surface area contributed by atoms with Gasteiger partial charge in [-0.25, -0.2) is 4.98 Å². The van der Waals surface area contributed by atoms with Crippen LogP contribution in [0.5, 0.6) is 5.75 Å². The molecule has 1 fully saturated rings. The molecule has 1 N–H and O–H groups in total. The van der Waals surface area contributed by atoms with E-state index < -0.39 is 0 Å². The summed E-state index contributed by atoms with van der Waals surface area (Å²) in [6.45, 7) is 3.44. The quantitative estimate of drug-likeness (QED) is 0.845. The summed E-state index contributed by atoms with van der Waals surface area (Å²) < 4.78 is 5.58. The number of ether oxygens (including phenoxy) is 1. The normalized spacial score (nSPS) is 17.0. The van der Waals surface area contributed by atoms with Crippen molar-refractivity contribution in [3.63, 3.8) is 0 Å². The first-order valence-electron chi connectivity index (χ1n) is 8.76. The minimum absolute atomic E-state index is 0.00794. The van der Waals surface area contributed by atoms with Crippen LogP contribution in [0.2, 0.25) is 0 Å². The second-order valence-electron chi connectivity index (χ2n) is 6.37. The number of hydrogen-bond acceptors (Lipinski definition) is 5. The van der Waals surface area contributed by atoms with Crippen LogP contribution in [0.1, 0.15) is 36.4 Å². The Morgan fingerprint density at radius 3 is 2.92 bits per heavy atom. The second kappa shape index (κ2) is 8.80. The predicted molar refractivity (Wildman–Crippen MR) is 100 cm³/mol. The Kier molecular flexibility index (Phi) is 6.22. The summed E-state index contributed by atoms with van der Waals surface area (Å²) in [5.74, 6) is 0.901. The molecule has 138 valence electrons. The first-order valence-corrected chi connectivity index (χ1v) is 9.64. The maximum atomic E-state index is 12.5. The van der Waals surface area contributed by atoms with E-state index in [-0.39, 0.29) is 24.3 Å². The average Bonchev–Trinajstić information content (AvgIpc) is 3.14. The molecule has 1 aromatic heterocycles. The zero-order chi connectivity index (χ0) is 18.4. The number of thiazole rings is 1. The number of carbonyl (C=O) groups is 2. The molecule has 2 amide bonds. The van der Waals surface area contributed by atoms with E-state index in [9.17, 15) is 9.59 Å². The van der Waals surface area contributed by atoms with Crippen molar-refractivity contribution in [3.05, 3.63) is 46.4 Å². The fourth-order valence-electron chi connectivity index (χ4n) is 2.96. The van der Waals surface area contributed by atoms with Gasteiger partial charge in [-0.2, -0.15) is 0 Å². The van der Waals surface area contributed by atoms with Gasteiger partial charge in [-0.05, 0) is 25.0 Å². The first kappa shape index (κ1) is 18.4. The standard InChI is InChI=1S/C19H23N3O3S/c1-14(23)20-10-16-13-26-19(21-16)15-6-5-9-22(11-15)18(24)12-25-17-7-3-2-4-8-17/h2-4,7-8,13,15H,5-6,9-12H2,1H3,(H,20,23)/t15-/m0/s1. The highest BCUT2D eigenvalue weighted by atomic mass is 32.1. The summed E-state index contributed by atoms with van der Waals surface area (Å²) in [5.41, 5.74) is 0.871. The molecule has 0 unspecified atom stereocenters. The lowest BCUT2D eigenvalue weighted by molar-refractivity contribution is -0.134. The largest absolute Gasteiger partial charge is 0.484 e. The van der Waals surface area contributed by atoms with Crippen LogP contribution in [0, 0.1) is 0 Å². The topological polar surface area (TPSA) is 71.5 Å². The third-order valence-electron chi connectivity index (χ3n) is 4.32. The van der Waals surface area contributed by atoms with E-state index in [1.54, 1.807) is 11.3 Å². The lowest BCUT2D eigenvalue weighted by Crippen LogP contribution is -2.41. The third kappa shape index (κ3) is 5.05. The lowest BCUT2D eigenvalue weighted by Gasteiger charge is -2.31. The molecule has 2 aromatic rings. The van der Waals surface area contributed by atoms with Gasteiger partial charge >= 0.3 is 0 Å². The molecule has 6 nitrogen and oxygen atoms in total. The Labute approximate surface area is 157 Å². The molecule has 1 saturated heterocycles. The number of hydrogen-bond donors (Lipinski definition) is 1. The van der Waals surface area contributed by atoms with Crippen LogP contribution < -0.4 is 10.1 Å². The number of likely N-dealkylation sites (tertiary alicyclic amines) is 1. The molecular weight excluding hydrogens is 350 g/mol. The number of amides is 2. The zero-order valence-corrected chi connectivity index (χ0v) is 15.6. The van der Waals surface area contributed by atoms with E-state index in [1.807, 2.05) is 40.6 Å². The first-order chi connectivity index (χ1) is 12.6. The van der Waals surface area contributed by atoms with Gasteiger partial charge in [0.25, 0.3) is 5.91 Å². The molecular formula is C19H23N3O3S. The number of para-hydroxylation sites is 1. The molecule has 0 saturated carbocycles. The van der Waals surface area contributed by atoms with E-state index >= 15 is 0 Å². The number of aromatic nitrogens is 1. The van der Waals surface area contributed by atoms with Crippen LogP contribution in [-0.2, 0) is 16.1 Å². The SMILES string of the molecule is CC(=O)NCc1csc([C@H]2CCCN(C(=O)COc3ccccc3)C2)n1. The summed E-state index contributed by atoms with van der Waals surface area (Å²) in [5, 5.41) is 5.77. The van der Waals surface area contributed by atoms with Crippen molar-refractivity contribution in [2.75, 3.05) is 19.7 Å². The minimum Gasteiger partial charge on any atom is -0.484 e. The van der Waals surface area contributed by atoms with E-state index in [0.29, 0.717) is 18.8 Å². The molecule has 7 heteroatoms. The summed E-state index contributed by atoms with van der Waals surface area (Å²) in [7, 11) is 0. The molecule has 26 heavy (non-hydrogen) atoms. The van der Waals surface area contributed by atoms with E-state index in [2.05, 4.69) is 10.3 Å². The summed E-state index contributed by atoms with van der Waals surface area (Å²) in [6.07, 6.45) is 1.98. The van der Waals surface area contributed by atoms with Crippen molar-refractivity contribution in [1.29, 1.82) is 0 Å². The molecule has 0 bridgehead atoms. The Morgan fingerprint density at radius 1 is 1.35 bits per heavy atom. The van der Waals surface area contributed by atoms with Gasteiger partial charge in [0.2, 0.25) is 5.91 Å². The van der Waals surface area contributed by atoms with Crippen molar-refractivity contribution < 1.29 is 14.3 Å².